The van der Waals surface area contributed by atoms with E-state index in [-0.39, 0.29) is 4.90 Å². The summed E-state index contributed by atoms with van der Waals surface area (Å²) < 4.78 is 27.3. The second kappa shape index (κ2) is 5.09. The number of fused-ring (bicyclic) bond motifs is 2. The minimum absolute atomic E-state index is 0.230. The molecule has 3 aromatic rings. The van der Waals surface area contributed by atoms with Crippen molar-refractivity contribution < 1.29 is 8.42 Å². The Hall–Kier alpha value is -1.83. The van der Waals surface area contributed by atoms with E-state index in [1.807, 2.05) is 18.2 Å². The zero-order chi connectivity index (χ0) is 16.2. The molecule has 5 nitrogen and oxygen atoms in total. The Morgan fingerprint density at radius 3 is 2.61 bits per heavy atom. The minimum atomic E-state index is -3.76. The van der Waals surface area contributed by atoms with E-state index in [0.717, 1.165) is 0 Å². The predicted octanol–water partition coefficient (Wildman–Crippen LogP) is 3.61. The number of halogens is 1. The maximum atomic E-state index is 13.0. The minimum Gasteiger partial charge on any atom is -0.201 e. The molecule has 1 aliphatic heterocycles. The molecule has 0 atom stereocenters. The molecule has 0 fully saturated rings. The SMILES string of the molecule is Cc1cc2c(cc1Cl)Sc1nnc(-c3ccccc3)n1S2(=O)=O. The van der Waals surface area contributed by atoms with Gasteiger partial charge in [0, 0.05) is 15.5 Å². The first kappa shape index (κ1) is 14.7. The third kappa shape index (κ3) is 2.19. The summed E-state index contributed by atoms with van der Waals surface area (Å²) in [7, 11) is -3.76. The molecule has 0 saturated carbocycles. The topological polar surface area (TPSA) is 64.8 Å². The maximum absolute atomic E-state index is 13.0. The van der Waals surface area contributed by atoms with Gasteiger partial charge >= 0.3 is 0 Å². The van der Waals surface area contributed by atoms with Crippen molar-refractivity contribution in [3.63, 3.8) is 0 Å². The van der Waals surface area contributed by atoms with E-state index in [1.165, 1.54) is 15.7 Å². The number of benzene rings is 2. The summed E-state index contributed by atoms with van der Waals surface area (Å²) in [6.07, 6.45) is 0. The molecule has 1 aliphatic rings. The Labute approximate surface area is 142 Å². The fraction of sp³-hybridized carbons (Fsp3) is 0.0667. The van der Waals surface area contributed by atoms with Gasteiger partial charge < -0.3 is 0 Å². The van der Waals surface area contributed by atoms with Gasteiger partial charge in [-0.05, 0) is 36.4 Å². The number of rotatable bonds is 1. The van der Waals surface area contributed by atoms with Gasteiger partial charge in [-0.3, -0.25) is 0 Å². The van der Waals surface area contributed by atoms with Crippen LogP contribution in [0.5, 0.6) is 0 Å². The molecule has 0 spiro atoms. The van der Waals surface area contributed by atoms with Crippen LogP contribution in [0.25, 0.3) is 11.4 Å². The quantitative estimate of drug-likeness (QED) is 0.517. The van der Waals surface area contributed by atoms with E-state index >= 15 is 0 Å². The van der Waals surface area contributed by atoms with Gasteiger partial charge in [-0.2, -0.15) is 3.97 Å². The second-order valence-electron chi connectivity index (χ2n) is 5.09. The maximum Gasteiger partial charge on any atom is 0.272 e. The molecule has 0 bridgehead atoms. The van der Waals surface area contributed by atoms with Crippen molar-refractivity contribution in [1.29, 1.82) is 0 Å². The van der Waals surface area contributed by atoms with Crippen LogP contribution in [0.2, 0.25) is 5.02 Å². The molecular formula is C15H10ClN3O2S2. The van der Waals surface area contributed by atoms with Gasteiger partial charge in [0.2, 0.25) is 5.16 Å². The van der Waals surface area contributed by atoms with Gasteiger partial charge in [-0.15, -0.1) is 10.2 Å². The van der Waals surface area contributed by atoms with Crippen LogP contribution in [0.3, 0.4) is 0 Å². The smallest absolute Gasteiger partial charge is 0.201 e. The van der Waals surface area contributed by atoms with Crippen molar-refractivity contribution in [3.05, 3.63) is 53.1 Å². The fourth-order valence-electron chi connectivity index (χ4n) is 2.42. The zero-order valence-corrected chi connectivity index (χ0v) is 14.3. The lowest BCUT2D eigenvalue weighted by molar-refractivity contribution is 0.578. The highest BCUT2D eigenvalue weighted by Gasteiger charge is 2.34. The van der Waals surface area contributed by atoms with Crippen LogP contribution in [-0.2, 0) is 10.0 Å². The summed E-state index contributed by atoms with van der Waals surface area (Å²) in [5.41, 5.74) is 1.41. The molecule has 0 aliphatic carbocycles. The van der Waals surface area contributed by atoms with Crippen molar-refractivity contribution >= 4 is 33.4 Å². The van der Waals surface area contributed by atoms with E-state index < -0.39 is 10.0 Å². The van der Waals surface area contributed by atoms with Crippen LogP contribution in [0, 0.1) is 6.92 Å². The molecule has 116 valence electrons. The average Bonchev–Trinajstić information content (AvgIpc) is 2.95. The summed E-state index contributed by atoms with van der Waals surface area (Å²) in [6.45, 7) is 1.78. The molecule has 1 aromatic heterocycles. The lowest BCUT2D eigenvalue weighted by Gasteiger charge is -2.19. The molecule has 23 heavy (non-hydrogen) atoms. The molecule has 0 radical (unpaired) electrons. The van der Waals surface area contributed by atoms with Gasteiger partial charge in [0.25, 0.3) is 10.0 Å². The Morgan fingerprint density at radius 1 is 1.13 bits per heavy atom. The highest BCUT2D eigenvalue weighted by molar-refractivity contribution is 8.01. The molecule has 2 heterocycles. The third-order valence-corrected chi connectivity index (χ3v) is 6.95. The van der Waals surface area contributed by atoms with Gasteiger partial charge in [0.1, 0.15) is 4.90 Å². The van der Waals surface area contributed by atoms with Gasteiger partial charge in [0.05, 0.1) is 0 Å². The van der Waals surface area contributed by atoms with E-state index in [0.29, 0.717) is 32.0 Å². The molecule has 2 aromatic carbocycles. The number of hydrogen-bond donors (Lipinski definition) is 0. The van der Waals surface area contributed by atoms with Crippen molar-refractivity contribution in [1.82, 2.24) is 14.2 Å². The summed E-state index contributed by atoms with van der Waals surface area (Å²) >= 11 is 7.36. The monoisotopic (exact) mass is 363 g/mol. The third-order valence-electron chi connectivity index (χ3n) is 3.57. The van der Waals surface area contributed by atoms with Crippen LogP contribution in [0.1, 0.15) is 5.56 Å². The number of hydrogen-bond acceptors (Lipinski definition) is 5. The largest absolute Gasteiger partial charge is 0.272 e. The Morgan fingerprint density at radius 2 is 1.87 bits per heavy atom. The van der Waals surface area contributed by atoms with Crippen LogP contribution >= 0.6 is 23.4 Å². The van der Waals surface area contributed by atoms with Crippen LogP contribution in [0.15, 0.2) is 57.4 Å². The lowest BCUT2D eigenvalue weighted by atomic mass is 10.2. The standard InChI is InChI=1S/C15H10ClN3O2S2/c1-9-7-13-12(8-11(9)16)22-15-18-17-14(19(15)23(13,20)21)10-5-3-2-4-6-10/h2-8H,1H3. The zero-order valence-electron chi connectivity index (χ0n) is 11.9. The predicted molar refractivity (Wildman–Crippen MR) is 88.4 cm³/mol. The lowest BCUT2D eigenvalue weighted by Crippen LogP contribution is -2.19. The second-order valence-corrected chi connectivity index (χ2v) is 8.26. The summed E-state index contributed by atoms with van der Waals surface area (Å²) in [6, 6.07) is 12.4. The van der Waals surface area contributed by atoms with Crippen molar-refractivity contribution in [2.24, 2.45) is 0 Å². The number of nitrogens with zero attached hydrogens (tertiary/aromatic N) is 3. The molecule has 4 rings (SSSR count). The van der Waals surface area contributed by atoms with Crippen LogP contribution in [0.4, 0.5) is 0 Å². The Bertz CT molecular complexity index is 1030. The normalized spacial score (nSPS) is 15.0. The molecule has 0 saturated heterocycles. The Kier molecular flexibility index (Phi) is 3.26. The van der Waals surface area contributed by atoms with Crippen LogP contribution in [-0.4, -0.2) is 22.6 Å². The molecule has 0 N–H and O–H groups in total. The van der Waals surface area contributed by atoms with Crippen LogP contribution < -0.4 is 0 Å². The van der Waals surface area contributed by atoms with Crippen molar-refractivity contribution in [2.45, 2.75) is 21.9 Å². The molecule has 8 heteroatoms. The van der Waals surface area contributed by atoms with Gasteiger partial charge in [-0.1, -0.05) is 41.9 Å². The highest BCUT2D eigenvalue weighted by atomic mass is 35.5. The Balaban J connectivity index is 1.99. The first-order valence-corrected chi connectivity index (χ1v) is 9.36. The van der Waals surface area contributed by atoms with Gasteiger partial charge in [-0.25, -0.2) is 8.42 Å². The summed E-state index contributed by atoms with van der Waals surface area (Å²) in [4.78, 5) is 0.800. The van der Waals surface area contributed by atoms with Crippen molar-refractivity contribution in [3.8, 4) is 11.4 Å². The van der Waals surface area contributed by atoms with Gasteiger partial charge in [0.15, 0.2) is 5.82 Å². The summed E-state index contributed by atoms with van der Waals surface area (Å²) in [5.74, 6) is 0.311. The fourth-order valence-corrected chi connectivity index (χ4v) is 5.72. The summed E-state index contributed by atoms with van der Waals surface area (Å²) in [5, 5.41) is 8.95. The average molecular weight is 364 g/mol. The number of aryl methyl sites for hydroxylation is 1. The first-order valence-electron chi connectivity index (χ1n) is 6.73. The molecular weight excluding hydrogens is 354 g/mol. The highest BCUT2D eigenvalue weighted by Crippen LogP contribution is 2.43. The molecule has 0 amide bonds. The van der Waals surface area contributed by atoms with Crippen molar-refractivity contribution in [2.75, 3.05) is 0 Å². The van der Waals surface area contributed by atoms with E-state index in [9.17, 15) is 8.42 Å². The van der Waals surface area contributed by atoms with E-state index in [1.54, 1.807) is 31.2 Å². The number of aromatic nitrogens is 3. The van der Waals surface area contributed by atoms with E-state index in [4.69, 9.17) is 11.6 Å². The first-order chi connectivity index (χ1) is 11.0. The molecule has 0 unspecified atom stereocenters. The van der Waals surface area contributed by atoms with E-state index in [2.05, 4.69) is 10.2 Å².